The molecular formula is C8H10N2. The minimum atomic E-state index is 1.14. The van der Waals surface area contributed by atoms with Crippen molar-refractivity contribution in [2.45, 2.75) is 6.42 Å². The molecule has 0 saturated heterocycles. The molecule has 1 aliphatic rings. The van der Waals surface area contributed by atoms with Crippen LogP contribution < -0.4 is 0 Å². The Hall–Kier alpha value is -1.31. The van der Waals surface area contributed by atoms with Gasteiger partial charge in [-0.25, -0.2) is 0 Å². The van der Waals surface area contributed by atoms with Gasteiger partial charge in [-0.05, 0) is 12.5 Å². The van der Waals surface area contributed by atoms with E-state index in [0.717, 1.165) is 6.42 Å². The van der Waals surface area contributed by atoms with Crippen molar-refractivity contribution >= 4 is 0 Å². The van der Waals surface area contributed by atoms with Crippen LogP contribution in [0, 0.1) is 0 Å². The molecule has 2 heteroatoms. The van der Waals surface area contributed by atoms with Crippen LogP contribution in [-0.2, 0) is 0 Å². The number of H-pyrrole nitrogens is 1. The molecule has 1 aromatic rings. The third-order valence-corrected chi connectivity index (χ3v) is 1.06. The van der Waals surface area contributed by atoms with Crippen molar-refractivity contribution in [3.05, 3.63) is 42.8 Å². The first-order valence-corrected chi connectivity index (χ1v) is 3.25. The van der Waals surface area contributed by atoms with E-state index in [2.05, 4.69) is 34.5 Å². The minimum Gasteiger partial charge on any atom is -0.286 e. The molecule has 0 aromatic carbocycles. The first kappa shape index (κ1) is 6.81. The molecule has 0 atom stereocenters. The molecule has 10 heavy (non-hydrogen) atoms. The van der Waals surface area contributed by atoms with Gasteiger partial charge in [0.1, 0.15) is 0 Å². The third-order valence-electron chi connectivity index (χ3n) is 1.06. The standard InChI is InChI=1S/C5H6.C3H4N2/c2*1-2-4-5-3-1/h1-4H,5H2;1-3H,(H,4,5). The summed E-state index contributed by atoms with van der Waals surface area (Å²) in [5, 5.41) is 6.21. The first-order chi connectivity index (χ1) is 5.00. The molecule has 0 unspecified atom stereocenters. The molecule has 2 nitrogen and oxygen atoms in total. The van der Waals surface area contributed by atoms with Gasteiger partial charge in [0.2, 0.25) is 0 Å². The van der Waals surface area contributed by atoms with E-state index in [4.69, 9.17) is 0 Å². The van der Waals surface area contributed by atoms with Crippen molar-refractivity contribution in [2.24, 2.45) is 0 Å². The van der Waals surface area contributed by atoms with Crippen molar-refractivity contribution in [3.8, 4) is 0 Å². The highest BCUT2D eigenvalue weighted by atomic mass is 15.1. The van der Waals surface area contributed by atoms with Gasteiger partial charge in [0, 0.05) is 12.4 Å². The van der Waals surface area contributed by atoms with E-state index in [9.17, 15) is 0 Å². The zero-order valence-electron chi connectivity index (χ0n) is 5.70. The number of nitrogens with one attached hydrogen (secondary N) is 1. The number of rotatable bonds is 0. The lowest BCUT2D eigenvalue weighted by atomic mass is 10.5. The van der Waals surface area contributed by atoms with Gasteiger partial charge in [-0.1, -0.05) is 24.3 Å². The van der Waals surface area contributed by atoms with Crippen molar-refractivity contribution in [1.29, 1.82) is 0 Å². The van der Waals surface area contributed by atoms with Crippen LogP contribution in [0.2, 0.25) is 0 Å². The van der Waals surface area contributed by atoms with Crippen molar-refractivity contribution in [3.63, 3.8) is 0 Å². The average Bonchev–Trinajstić information content (AvgIpc) is 2.67. The Morgan fingerprint density at radius 3 is 2.20 bits per heavy atom. The maximum atomic E-state index is 3.60. The van der Waals surface area contributed by atoms with Crippen molar-refractivity contribution < 1.29 is 0 Å². The normalized spacial score (nSPS) is 12.8. The van der Waals surface area contributed by atoms with Crippen LogP contribution >= 0.6 is 0 Å². The fourth-order valence-corrected chi connectivity index (χ4v) is 0.608. The van der Waals surface area contributed by atoms with Gasteiger partial charge < -0.3 is 0 Å². The molecular weight excluding hydrogens is 124 g/mol. The maximum Gasteiger partial charge on any atom is 0.0487 e. The summed E-state index contributed by atoms with van der Waals surface area (Å²) in [5.41, 5.74) is 0. The fraction of sp³-hybridized carbons (Fsp3) is 0.125. The quantitative estimate of drug-likeness (QED) is 0.577. The van der Waals surface area contributed by atoms with E-state index in [0.29, 0.717) is 0 Å². The van der Waals surface area contributed by atoms with Gasteiger partial charge >= 0.3 is 0 Å². The van der Waals surface area contributed by atoms with E-state index in [-0.39, 0.29) is 0 Å². The number of aromatic amines is 1. The lowest BCUT2D eigenvalue weighted by Gasteiger charge is -1.57. The molecule has 1 aliphatic carbocycles. The van der Waals surface area contributed by atoms with Gasteiger partial charge in [-0.15, -0.1) is 0 Å². The van der Waals surface area contributed by atoms with E-state index in [1.54, 1.807) is 12.4 Å². The second-order valence-electron chi connectivity index (χ2n) is 1.86. The fourth-order valence-electron chi connectivity index (χ4n) is 0.608. The Labute approximate surface area is 60.3 Å². The third kappa shape index (κ3) is 2.87. The van der Waals surface area contributed by atoms with Crippen LogP contribution in [-0.4, -0.2) is 10.2 Å². The number of hydrogen-bond acceptors (Lipinski definition) is 1. The smallest absolute Gasteiger partial charge is 0.0487 e. The van der Waals surface area contributed by atoms with Crippen LogP contribution in [0.15, 0.2) is 42.8 Å². The summed E-state index contributed by atoms with van der Waals surface area (Å²) in [5.74, 6) is 0. The summed E-state index contributed by atoms with van der Waals surface area (Å²) < 4.78 is 0. The van der Waals surface area contributed by atoms with Gasteiger partial charge in [0.25, 0.3) is 0 Å². The second kappa shape index (κ2) is 4.56. The van der Waals surface area contributed by atoms with Crippen molar-refractivity contribution in [1.82, 2.24) is 10.2 Å². The molecule has 0 fully saturated rings. The molecule has 2 rings (SSSR count). The van der Waals surface area contributed by atoms with E-state index in [1.807, 2.05) is 6.07 Å². The van der Waals surface area contributed by atoms with Crippen LogP contribution in [0.25, 0.3) is 0 Å². The Morgan fingerprint density at radius 2 is 2.00 bits per heavy atom. The summed E-state index contributed by atoms with van der Waals surface area (Å²) in [7, 11) is 0. The zero-order chi connectivity index (χ0) is 7.07. The lowest BCUT2D eigenvalue weighted by molar-refractivity contribution is 1.09. The number of allylic oxidation sites excluding steroid dienone is 4. The first-order valence-electron chi connectivity index (χ1n) is 3.25. The molecule has 0 aliphatic heterocycles. The van der Waals surface area contributed by atoms with Gasteiger partial charge in [-0.3, -0.25) is 5.10 Å². The Morgan fingerprint density at radius 1 is 1.20 bits per heavy atom. The SMILES string of the molecule is C1=CCC=C1.c1cn[nH]c1. The summed E-state index contributed by atoms with van der Waals surface area (Å²) in [6.45, 7) is 0. The maximum absolute atomic E-state index is 3.60. The zero-order valence-corrected chi connectivity index (χ0v) is 5.70. The molecule has 1 heterocycles. The van der Waals surface area contributed by atoms with Gasteiger partial charge in [0.15, 0.2) is 0 Å². The number of aromatic nitrogens is 2. The Kier molecular flexibility index (Phi) is 3.10. The number of hydrogen-bond donors (Lipinski definition) is 1. The monoisotopic (exact) mass is 134 g/mol. The van der Waals surface area contributed by atoms with E-state index in [1.165, 1.54) is 0 Å². The highest BCUT2D eigenvalue weighted by Gasteiger charge is 1.72. The second-order valence-corrected chi connectivity index (χ2v) is 1.86. The van der Waals surface area contributed by atoms with Crippen LogP contribution in [0.3, 0.4) is 0 Å². The van der Waals surface area contributed by atoms with Crippen molar-refractivity contribution in [2.75, 3.05) is 0 Å². The average molecular weight is 134 g/mol. The molecule has 0 spiro atoms. The lowest BCUT2D eigenvalue weighted by Crippen LogP contribution is -1.53. The predicted molar refractivity (Wildman–Crippen MR) is 41.5 cm³/mol. The Bertz CT molecular complexity index is 170. The van der Waals surface area contributed by atoms with E-state index < -0.39 is 0 Å². The summed E-state index contributed by atoms with van der Waals surface area (Å²) >= 11 is 0. The summed E-state index contributed by atoms with van der Waals surface area (Å²) in [4.78, 5) is 0. The van der Waals surface area contributed by atoms with E-state index >= 15 is 0 Å². The highest BCUT2D eigenvalue weighted by Crippen LogP contribution is 1.93. The molecule has 0 saturated carbocycles. The summed E-state index contributed by atoms with van der Waals surface area (Å²) in [6.07, 6.45) is 13.0. The Balaban J connectivity index is 0.0000001000. The molecule has 0 bridgehead atoms. The van der Waals surface area contributed by atoms with Gasteiger partial charge in [0.05, 0.1) is 0 Å². The topological polar surface area (TPSA) is 28.7 Å². The molecule has 1 N–H and O–H groups in total. The molecule has 0 radical (unpaired) electrons. The van der Waals surface area contributed by atoms with Crippen LogP contribution in [0.1, 0.15) is 6.42 Å². The largest absolute Gasteiger partial charge is 0.286 e. The molecule has 0 amide bonds. The molecule has 1 aromatic heterocycles. The molecule has 52 valence electrons. The highest BCUT2D eigenvalue weighted by molar-refractivity contribution is 5.11. The minimum absolute atomic E-state index is 1.14. The van der Waals surface area contributed by atoms with Gasteiger partial charge in [-0.2, -0.15) is 5.10 Å². The predicted octanol–water partition coefficient (Wildman–Crippen LogP) is 1.91. The van der Waals surface area contributed by atoms with Crippen LogP contribution in [0.5, 0.6) is 0 Å². The number of nitrogens with zero attached hydrogens (tertiary/aromatic N) is 1. The van der Waals surface area contributed by atoms with Crippen LogP contribution in [0.4, 0.5) is 0 Å². The summed E-state index contributed by atoms with van der Waals surface area (Å²) in [6, 6.07) is 1.83.